The van der Waals surface area contributed by atoms with Crippen LogP contribution in [0.3, 0.4) is 0 Å². The number of hydrogen-bond donors (Lipinski definition) is 1. The molecule has 0 fully saturated rings. The van der Waals surface area contributed by atoms with Crippen molar-refractivity contribution in [3.63, 3.8) is 0 Å². The molecule has 3 nitrogen and oxygen atoms in total. The third-order valence-electron chi connectivity index (χ3n) is 4.50. The van der Waals surface area contributed by atoms with Crippen LogP contribution in [0, 0.1) is 0 Å². The molecule has 0 radical (unpaired) electrons. The Hall–Kier alpha value is -2.78. The van der Waals surface area contributed by atoms with Gasteiger partial charge < -0.3 is 5.11 Å². The van der Waals surface area contributed by atoms with Gasteiger partial charge in [-0.05, 0) is 55.9 Å². The molecule has 3 heteroatoms. The smallest absolute Gasteiger partial charge is 0.0894 e. The molecular weight excluding hydrogens is 332 g/mol. The molecule has 138 valence electrons. The van der Waals surface area contributed by atoms with Gasteiger partial charge in [0.2, 0.25) is 0 Å². The fourth-order valence-corrected chi connectivity index (χ4v) is 3.00. The number of unbranched alkanes of at least 4 members (excludes halogenated alkanes) is 1. The zero-order chi connectivity index (χ0) is 19.1. The third kappa shape index (κ3) is 5.35. The minimum Gasteiger partial charge on any atom is -0.393 e. The maximum absolute atomic E-state index is 9.29. The van der Waals surface area contributed by atoms with Crippen LogP contribution in [0.2, 0.25) is 0 Å². The number of rotatable bonds is 8. The molecule has 3 aromatic rings. The summed E-state index contributed by atoms with van der Waals surface area (Å²) in [5, 5.41) is 9.29. The molecule has 0 saturated carbocycles. The van der Waals surface area contributed by atoms with Crippen molar-refractivity contribution in [1.82, 2.24) is 9.97 Å². The van der Waals surface area contributed by atoms with Gasteiger partial charge in [0, 0.05) is 5.56 Å². The van der Waals surface area contributed by atoms with Gasteiger partial charge in [0.1, 0.15) is 0 Å². The molecule has 0 aliphatic heterocycles. The zero-order valence-corrected chi connectivity index (χ0v) is 15.8. The molecule has 0 amide bonds. The summed E-state index contributed by atoms with van der Waals surface area (Å²) in [6.45, 7) is 5.60. The second kappa shape index (κ2) is 9.24. The van der Waals surface area contributed by atoms with E-state index < -0.39 is 0 Å². The largest absolute Gasteiger partial charge is 0.393 e. The van der Waals surface area contributed by atoms with Crippen molar-refractivity contribution in [2.75, 3.05) is 0 Å². The highest BCUT2D eigenvalue weighted by molar-refractivity contribution is 5.79. The van der Waals surface area contributed by atoms with Crippen LogP contribution in [0.1, 0.15) is 37.3 Å². The van der Waals surface area contributed by atoms with Gasteiger partial charge >= 0.3 is 0 Å². The maximum atomic E-state index is 9.29. The quantitative estimate of drug-likeness (QED) is 0.422. The molecule has 0 aliphatic carbocycles. The lowest BCUT2D eigenvalue weighted by Crippen LogP contribution is -1.97. The Morgan fingerprint density at radius 3 is 2.67 bits per heavy atom. The number of aliphatic hydroxyl groups excluding tert-OH is 1. The Balaban J connectivity index is 1.73. The first-order valence-electron chi connectivity index (χ1n) is 9.47. The second-order valence-electron chi connectivity index (χ2n) is 6.88. The van der Waals surface area contributed by atoms with E-state index in [1.807, 2.05) is 25.3 Å². The van der Waals surface area contributed by atoms with Crippen molar-refractivity contribution in [3.8, 4) is 11.3 Å². The lowest BCUT2D eigenvalue weighted by atomic mass is 10.1. The molecule has 27 heavy (non-hydrogen) atoms. The first kappa shape index (κ1) is 19.0. The summed E-state index contributed by atoms with van der Waals surface area (Å²) in [5.41, 5.74) is 6.11. The molecule has 0 spiro atoms. The van der Waals surface area contributed by atoms with E-state index in [9.17, 15) is 5.11 Å². The average molecular weight is 358 g/mol. The van der Waals surface area contributed by atoms with Crippen molar-refractivity contribution in [2.24, 2.45) is 0 Å². The van der Waals surface area contributed by atoms with E-state index in [0.29, 0.717) is 0 Å². The predicted molar refractivity (Wildman–Crippen MR) is 113 cm³/mol. The summed E-state index contributed by atoms with van der Waals surface area (Å²) in [7, 11) is 0. The minimum atomic E-state index is -0.221. The first-order valence-corrected chi connectivity index (χ1v) is 9.47. The molecule has 1 unspecified atom stereocenters. The molecule has 1 N–H and O–H groups in total. The molecular formula is C24H26N2O. The van der Waals surface area contributed by atoms with Gasteiger partial charge in [-0.1, -0.05) is 48.6 Å². The Labute approximate surface area is 161 Å². The monoisotopic (exact) mass is 358 g/mol. The summed E-state index contributed by atoms with van der Waals surface area (Å²) >= 11 is 0. The second-order valence-corrected chi connectivity index (χ2v) is 6.88. The van der Waals surface area contributed by atoms with Gasteiger partial charge in [-0.2, -0.15) is 0 Å². The van der Waals surface area contributed by atoms with Gasteiger partial charge in [-0.25, -0.2) is 4.98 Å². The Morgan fingerprint density at radius 1 is 1.11 bits per heavy atom. The summed E-state index contributed by atoms with van der Waals surface area (Å²) in [6, 6.07) is 14.5. The third-order valence-corrected chi connectivity index (χ3v) is 4.50. The highest BCUT2D eigenvalue weighted by Gasteiger charge is 2.04. The molecule has 0 saturated heterocycles. The molecule has 1 heterocycles. The SMILES string of the molecule is C=CCc1ccc(-c2cnc3cc(C=CCCCC(C)O)ccc3n2)cc1. The van der Waals surface area contributed by atoms with Crippen molar-refractivity contribution in [2.45, 2.75) is 38.7 Å². The number of aliphatic hydroxyl groups is 1. The summed E-state index contributed by atoms with van der Waals surface area (Å²) in [4.78, 5) is 9.36. The van der Waals surface area contributed by atoms with Crippen LogP contribution in [0.4, 0.5) is 0 Å². The van der Waals surface area contributed by atoms with E-state index in [1.54, 1.807) is 0 Å². The summed E-state index contributed by atoms with van der Waals surface area (Å²) in [6.07, 6.45) is 11.5. The number of fused-ring (bicyclic) bond motifs is 1. The lowest BCUT2D eigenvalue weighted by molar-refractivity contribution is 0.182. The van der Waals surface area contributed by atoms with E-state index in [0.717, 1.165) is 53.5 Å². The van der Waals surface area contributed by atoms with Crippen LogP contribution in [0.5, 0.6) is 0 Å². The van der Waals surface area contributed by atoms with Crippen molar-refractivity contribution in [3.05, 3.63) is 78.5 Å². The minimum absolute atomic E-state index is 0.221. The number of hydrogen-bond acceptors (Lipinski definition) is 3. The molecule has 3 rings (SSSR count). The summed E-state index contributed by atoms with van der Waals surface area (Å²) in [5.74, 6) is 0. The number of aromatic nitrogens is 2. The molecule has 1 atom stereocenters. The molecule has 0 bridgehead atoms. The predicted octanol–water partition coefficient (Wildman–Crippen LogP) is 5.59. The Bertz CT molecular complexity index is 927. The van der Waals surface area contributed by atoms with E-state index >= 15 is 0 Å². The highest BCUT2D eigenvalue weighted by Crippen LogP contribution is 2.21. The fraction of sp³-hybridized carbons (Fsp3) is 0.250. The van der Waals surface area contributed by atoms with Crippen LogP contribution in [0.25, 0.3) is 28.4 Å². The van der Waals surface area contributed by atoms with Crippen LogP contribution in [-0.2, 0) is 6.42 Å². The van der Waals surface area contributed by atoms with Crippen molar-refractivity contribution in [1.29, 1.82) is 0 Å². The van der Waals surface area contributed by atoms with Gasteiger partial charge in [0.15, 0.2) is 0 Å². The van der Waals surface area contributed by atoms with Gasteiger partial charge in [0.25, 0.3) is 0 Å². The van der Waals surface area contributed by atoms with Gasteiger partial charge in [0.05, 0.1) is 29.0 Å². The Kier molecular flexibility index (Phi) is 6.50. The molecule has 0 aliphatic rings. The summed E-state index contributed by atoms with van der Waals surface area (Å²) < 4.78 is 0. The lowest BCUT2D eigenvalue weighted by Gasteiger charge is -2.05. The van der Waals surface area contributed by atoms with Crippen molar-refractivity contribution >= 4 is 17.1 Å². The van der Waals surface area contributed by atoms with Gasteiger partial charge in [-0.3, -0.25) is 4.98 Å². The maximum Gasteiger partial charge on any atom is 0.0894 e. The molecule has 1 aromatic heterocycles. The highest BCUT2D eigenvalue weighted by atomic mass is 16.3. The van der Waals surface area contributed by atoms with Gasteiger partial charge in [-0.15, -0.1) is 6.58 Å². The van der Waals surface area contributed by atoms with Crippen LogP contribution in [0.15, 0.2) is 67.4 Å². The van der Waals surface area contributed by atoms with E-state index in [-0.39, 0.29) is 6.10 Å². The number of allylic oxidation sites excluding steroid dienone is 2. The van der Waals surface area contributed by atoms with Crippen LogP contribution < -0.4 is 0 Å². The van der Waals surface area contributed by atoms with E-state index in [2.05, 4.69) is 60.1 Å². The number of benzene rings is 2. The topological polar surface area (TPSA) is 46.0 Å². The van der Waals surface area contributed by atoms with Crippen LogP contribution >= 0.6 is 0 Å². The van der Waals surface area contributed by atoms with Crippen molar-refractivity contribution < 1.29 is 5.11 Å². The Morgan fingerprint density at radius 2 is 1.93 bits per heavy atom. The average Bonchev–Trinajstić information content (AvgIpc) is 2.68. The standard InChI is InChI=1S/C24H26N2O/c1-3-7-19-10-13-21(14-11-19)24-17-25-23-16-20(12-15-22(23)26-24)9-6-4-5-8-18(2)27/h3,6,9-18,27H,1,4-5,7-8H2,2H3. The van der Waals surface area contributed by atoms with E-state index in [1.165, 1.54) is 5.56 Å². The molecule has 2 aromatic carbocycles. The normalized spacial score (nSPS) is 12.5. The first-order chi connectivity index (χ1) is 13.2. The number of nitrogens with zero attached hydrogens (tertiary/aromatic N) is 2. The van der Waals surface area contributed by atoms with Crippen LogP contribution in [-0.4, -0.2) is 21.2 Å². The van der Waals surface area contributed by atoms with E-state index in [4.69, 9.17) is 4.98 Å². The zero-order valence-electron chi connectivity index (χ0n) is 15.8. The fourth-order valence-electron chi connectivity index (χ4n) is 3.00.